The molecule has 2 amide bonds. The Bertz CT molecular complexity index is 1370. The highest BCUT2D eigenvalue weighted by molar-refractivity contribution is 9.10. The van der Waals surface area contributed by atoms with Gasteiger partial charge in [0.25, 0.3) is 5.91 Å². The van der Waals surface area contributed by atoms with Gasteiger partial charge in [0, 0.05) is 29.1 Å². The van der Waals surface area contributed by atoms with Crippen molar-refractivity contribution in [2.24, 2.45) is 0 Å². The van der Waals surface area contributed by atoms with Crippen molar-refractivity contribution in [3.63, 3.8) is 0 Å². The van der Waals surface area contributed by atoms with Crippen LogP contribution in [0.2, 0.25) is 10.0 Å². The van der Waals surface area contributed by atoms with Gasteiger partial charge in [0.2, 0.25) is 5.91 Å². The lowest BCUT2D eigenvalue weighted by atomic mass is 9.87. The molecule has 0 spiro atoms. The predicted octanol–water partition coefficient (Wildman–Crippen LogP) is 8.52. The third-order valence-electron chi connectivity index (χ3n) is 7.73. The maximum absolute atomic E-state index is 14.0. The smallest absolute Gasteiger partial charge is 0.261 e. The summed E-state index contributed by atoms with van der Waals surface area (Å²) in [7, 11) is 0. The monoisotopic (exact) mass is 672 g/mol. The number of ether oxygens (including phenoxy) is 1. The molecule has 0 heterocycles. The van der Waals surface area contributed by atoms with E-state index >= 15 is 0 Å². The lowest BCUT2D eigenvalue weighted by Crippen LogP contribution is -2.53. The molecule has 8 heteroatoms. The Kier molecular flexibility index (Phi) is 11.4. The van der Waals surface area contributed by atoms with Crippen LogP contribution >= 0.6 is 39.1 Å². The average molecular weight is 675 g/mol. The molecule has 1 saturated carbocycles. The van der Waals surface area contributed by atoms with Gasteiger partial charge in [0.1, 0.15) is 11.8 Å². The summed E-state index contributed by atoms with van der Waals surface area (Å²) in [5.74, 6) is 0.0829. The summed E-state index contributed by atoms with van der Waals surface area (Å²) in [6, 6.07) is 20.2. The fourth-order valence-corrected chi connectivity index (χ4v) is 6.20. The first-order valence-electron chi connectivity index (χ1n) is 14.5. The topological polar surface area (TPSA) is 58.6 Å². The number of rotatable bonds is 10. The highest BCUT2D eigenvalue weighted by Gasteiger charge is 2.32. The molecule has 0 unspecified atom stereocenters. The number of hydrogen-bond donors (Lipinski definition) is 1. The molecule has 1 aliphatic rings. The Balaban J connectivity index is 1.63. The third kappa shape index (κ3) is 8.98. The second-order valence-electron chi connectivity index (χ2n) is 12.0. The van der Waals surface area contributed by atoms with Crippen LogP contribution in [0.1, 0.15) is 69.6 Å². The van der Waals surface area contributed by atoms with Crippen LogP contribution in [0.4, 0.5) is 0 Å². The van der Waals surface area contributed by atoms with Gasteiger partial charge in [0.15, 0.2) is 6.61 Å². The van der Waals surface area contributed by atoms with E-state index in [1.165, 1.54) is 6.42 Å². The van der Waals surface area contributed by atoms with E-state index < -0.39 is 6.04 Å². The van der Waals surface area contributed by atoms with Crippen molar-refractivity contribution >= 4 is 50.9 Å². The van der Waals surface area contributed by atoms with Crippen molar-refractivity contribution in [2.75, 3.05) is 6.61 Å². The summed E-state index contributed by atoms with van der Waals surface area (Å²) < 4.78 is 6.81. The molecule has 1 aliphatic carbocycles. The fraction of sp³-hybridized carbons (Fsp3) is 0.412. The minimum absolute atomic E-state index is 0.0259. The number of hydrogen-bond acceptors (Lipinski definition) is 3. The van der Waals surface area contributed by atoms with Crippen LogP contribution in [0.25, 0.3) is 0 Å². The lowest BCUT2D eigenvalue weighted by molar-refractivity contribution is -0.143. The van der Waals surface area contributed by atoms with Crippen LogP contribution in [0.5, 0.6) is 5.75 Å². The molecule has 0 aromatic heterocycles. The quantitative estimate of drug-likeness (QED) is 0.235. The molecule has 0 aliphatic heterocycles. The summed E-state index contributed by atoms with van der Waals surface area (Å²) in [6.07, 6.45) is 5.62. The van der Waals surface area contributed by atoms with Crippen LogP contribution in [-0.2, 0) is 28.0 Å². The number of benzene rings is 3. The lowest BCUT2D eigenvalue weighted by Gasteiger charge is -2.33. The van der Waals surface area contributed by atoms with E-state index in [4.69, 9.17) is 27.9 Å². The zero-order valence-corrected chi connectivity index (χ0v) is 27.6. The van der Waals surface area contributed by atoms with E-state index in [1.807, 2.05) is 48.5 Å². The van der Waals surface area contributed by atoms with Crippen molar-refractivity contribution in [2.45, 2.75) is 83.3 Å². The molecule has 0 bridgehead atoms. The second kappa shape index (κ2) is 14.8. The highest BCUT2D eigenvalue weighted by Crippen LogP contribution is 2.32. The minimum Gasteiger partial charge on any atom is -0.483 e. The van der Waals surface area contributed by atoms with Gasteiger partial charge in [-0.05, 0) is 75.1 Å². The van der Waals surface area contributed by atoms with Crippen LogP contribution < -0.4 is 10.1 Å². The molecule has 5 nitrogen and oxygen atoms in total. The standard InChI is InChI=1S/C34H39BrCl2N2O3/c1-34(2,3)25-15-17-31(28(35)19-25)42-22-32(40)39(21-24-14-16-26(36)20-29(24)37)30(18-23-10-6-4-7-11-23)33(41)38-27-12-8-5-9-13-27/h4,6-7,10-11,14-17,19-20,27,30H,5,8-9,12-13,18,21-22H2,1-3H3,(H,38,41)/t30-/m0/s1. The van der Waals surface area contributed by atoms with Gasteiger partial charge in [-0.25, -0.2) is 0 Å². The summed E-state index contributed by atoms with van der Waals surface area (Å²) in [5, 5.41) is 4.19. The van der Waals surface area contributed by atoms with Crippen LogP contribution in [0, 0.1) is 0 Å². The zero-order chi connectivity index (χ0) is 30.3. The Morgan fingerprint density at radius 2 is 1.71 bits per heavy atom. The van der Waals surface area contributed by atoms with Crippen LogP contribution in [0.3, 0.4) is 0 Å². The van der Waals surface area contributed by atoms with Gasteiger partial charge in [-0.2, -0.15) is 0 Å². The molecule has 3 aromatic carbocycles. The minimum atomic E-state index is -0.760. The largest absolute Gasteiger partial charge is 0.483 e. The summed E-state index contributed by atoms with van der Waals surface area (Å²) in [4.78, 5) is 29.5. The van der Waals surface area contributed by atoms with Crippen LogP contribution in [0.15, 0.2) is 71.2 Å². The SMILES string of the molecule is CC(C)(C)c1ccc(OCC(=O)N(Cc2ccc(Cl)cc2Cl)[C@@H](Cc2ccccc2)C(=O)NC2CCCCC2)c(Br)c1. The Hall–Kier alpha value is -2.54. The second-order valence-corrected chi connectivity index (χ2v) is 13.7. The number of amides is 2. The number of halogens is 3. The molecule has 4 rings (SSSR count). The van der Waals surface area contributed by atoms with E-state index in [-0.39, 0.29) is 36.4 Å². The van der Waals surface area contributed by atoms with Crippen molar-refractivity contribution in [3.8, 4) is 5.75 Å². The van der Waals surface area contributed by atoms with E-state index in [2.05, 4.69) is 42.0 Å². The first kappa shape index (κ1) is 32.4. The van der Waals surface area contributed by atoms with Gasteiger partial charge in [-0.3, -0.25) is 9.59 Å². The molecule has 0 radical (unpaired) electrons. The van der Waals surface area contributed by atoms with Crippen molar-refractivity contribution < 1.29 is 14.3 Å². The van der Waals surface area contributed by atoms with Gasteiger partial charge in [-0.15, -0.1) is 0 Å². The van der Waals surface area contributed by atoms with Crippen molar-refractivity contribution in [1.29, 1.82) is 0 Å². The molecular weight excluding hydrogens is 635 g/mol. The fourth-order valence-electron chi connectivity index (χ4n) is 5.24. The first-order chi connectivity index (χ1) is 20.0. The summed E-state index contributed by atoms with van der Waals surface area (Å²) in [5.41, 5.74) is 2.78. The number of carbonyl (C=O) groups excluding carboxylic acids is 2. The molecule has 0 saturated heterocycles. The molecule has 3 aromatic rings. The van der Waals surface area contributed by atoms with Crippen LogP contribution in [-0.4, -0.2) is 35.4 Å². The van der Waals surface area contributed by atoms with E-state index in [9.17, 15) is 9.59 Å². The van der Waals surface area contributed by atoms with E-state index in [0.29, 0.717) is 27.8 Å². The molecule has 1 fully saturated rings. The molecule has 1 N–H and O–H groups in total. The third-order valence-corrected chi connectivity index (χ3v) is 8.93. The molecule has 224 valence electrons. The first-order valence-corrected chi connectivity index (χ1v) is 16.1. The van der Waals surface area contributed by atoms with E-state index in [0.717, 1.165) is 41.3 Å². The average Bonchev–Trinajstić information content (AvgIpc) is 2.95. The Morgan fingerprint density at radius 1 is 1.00 bits per heavy atom. The number of nitrogens with one attached hydrogen (secondary N) is 1. The summed E-state index contributed by atoms with van der Waals surface area (Å²) >= 11 is 16.3. The van der Waals surface area contributed by atoms with Gasteiger partial charge in [-0.1, -0.05) is 106 Å². The predicted molar refractivity (Wildman–Crippen MR) is 174 cm³/mol. The van der Waals surface area contributed by atoms with Crippen molar-refractivity contribution in [3.05, 3.63) is 97.9 Å². The maximum atomic E-state index is 14.0. The summed E-state index contributed by atoms with van der Waals surface area (Å²) in [6.45, 7) is 6.33. The Labute approximate surface area is 268 Å². The maximum Gasteiger partial charge on any atom is 0.261 e. The number of nitrogens with zero attached hydrogens (tertiary/aromatic N) is 1. The van der Waals surface area contributed by atoms with Gasteiger partial charge < -0.3 is 15.0 Å². The van der Waals surface area contributed by atoms with Crippen molar-refractivity contribution in [1.82, 2.24) is 10.2 Å². The zero-order valence-electron chi connectivity index (χ0n) is 24.5. The molecular formula is C34H39BrCl2N2O3. The normalized spacial score (nSPS) is 14.7. The van der Waals surface area contributed by atoms with E-state index in [1.54, 1.807) is 23.1 Å². The number of carbonyl (C=O) groups is 2. The molecule has 1 atom stereocenters. The van der Waals surface area contributed by atoms with Gasteiger partial charge >= 0.3 is 0 Å². The Morgan fingerprint density at radius 3 is 2.36 bits per heavy atom. The molecule has 42 heavy (non-hydrogen) atoms. The van der Waals surface area contributed by atoms with Gasteiger partial charge in [0.05, 0.1) is 4.47 Å². The highest BCUT2D eigenvalue weighted by atomic mass is 79.9.